The molecule has 0 saturated carbocycles. The van der Waals surface area contributed by atoms with Crippen LogP contribution in [0.15, 0.2) is 0 Å². The van der Waals surface area contributed by atoms with E-state index in [1.54, 1.807) is 19.0 Å². The minimum absolute atomic E-state index is 0.0350. The maximum Gasteiger partial charge on any atom is 0.265 e. The Hall–Kier alpha value is -1.43. The Labute approximate surface area is 130 Å². The van der Waals surface area contributed by atoms with Gasteiger partial charge < -0.3 is 20.3 Å². The average Bonchev–Trinajstić information content (AvgIpc) is 2.76. The van der Waals surface area contributed by atoms with Gasteiger partial charge in [0.2, 0.25) is 0 Å². The van der Waals surface area contributed by atoms with E-state index in [2.05, 4.69) is 4.90 Å². The maximum atomic E-state index is 12.3. The van der Waals surface area contributed by atoms with Crippen LogP contribution in [0.1, 0.15) is 42.8 Å². The second-order valence-electron chi connectivity index (χ2n) is 5.89. The number of hydrogen-bond donors (Lipinski definition) is 1. The number of hydrogen-bond acceptors (Lipinski definition) is 5. The number of nitrogens with zero attached hydrogens (tertiary/aromatic N) is 2. The number of piperidine rings is 1. The van der Waals surface area contributed by atoms with E-state index in [9.17, 15) is 4.79 Å². The van der Waals surface area contributed by atoms with Gasteiger partial charge in [0, 0.05) is 27.2 Å². The summed E-state index contributed by atoms with van der Waals surface area (Å²) in [6.07, 6.45) is 3.65. The van der Waals surface area contributed by atoms with Gasteiger partial charge in [0.25, 0.3) is 5.91 Å². The molecule has 5 nitrogen and oxygen atoms in total. The van der Waals surface area contributed by atoms with E-state index in [-0.39, 0.29) is 12.0 Å². The van der Waals surface area contributed by atoms with Gasteiger partial charge in [0.1, 0.15) is 15.6 Å². The summed E-state index contributed by atoms with van der Waals surface area (Å²) in [5, 5.41) is 1.01. The highest BCUT2D eigenvalue weighted by molar-refractivity contribution is 7.19. The predicted molar refractivity (Wildman–Crippen MR) is 88.6 cm³/mol. The van der Waals surface area contributed by atoms with Crippen molar-refractivity contribution in [2.24, 2.45) is 0 Å². The molecule has 21 heavy (non-hydrogen) atoms. The topological polar surface area (TPSA) is 58.8 Å². The van der Waals surface area contributed by atoms with Crippen LogP contribution in [0.5, 0.6) is 5.75 Å². The Morgan fingerprint density at radius 2 is 1.90 bits per heavy atom. The van der Waals surface area contributed by atoms with Crippen molar-refractivity contribution < 1.29 is 9.53 Å². The quantitative estimate of drug-likeness (QED) is 0.929. The molecule has 1 aliphatic rings. The normalized spacial score (nSPS) is 15.4. The molecule has 0 bridgehead atoms. The molecule has 1 saturated heterocycles. The molecule has 0 aromatic carbocycles. The number of carbonyl (C=O) groups excluding carboxylic acids is 1. The summed E-state index contributed by atoms with van der Waals surface area (Å²) < 4.78 is 5.91. The van der Waals surface area contributed by atoms with E-state index < -0.39 is 0 Å². The van der Waals surface area contributed by atoms with Gasteiger partial charge >= 0.3 is 0 Å². The predicted octanol–water partition coefficient (Wildman–Crippen LogP) is 2.81. The van der Waals surface area contributed by atoms with Crippen LogP contribution < -0.4 is 15.4 Å². The van der Waals surface area contributed by atoms with E-state index in [1.165, 1.54) is 30.6 Å². The van der Waals surface area contributed by atoms with Gasteiger partial charge in [-0.15, -0.1) is 11.3 Å². The lowest BCUT2D eigenvalue weighted by Gasteiger charge is -2.28. The number of ether oxygens (including phenoxy) is 1. The number of thiophene rings is 1. The molecule has 0 radical (unpaired) electrons. The molecule has 2 rings (SSSR count). The third-order valence-electron chi connectivity index (χ3n) is 3.48. The van der Waals surface area contributed by atoms with Gasteiger partial charge in [-0.3, -0.25) is 4.79 Å². The largest absolute Gasteiger partial charge is 0.486 e. The smallest absolute Gasteiger partial charge is 0.265 e. The van der Waals surface area contributed by atoms with Crippen molar-refractivity contribution >= 4 is 27.9 Å². The van der Waals surface area contributed by atoms with Crippen molar-refractivity contribution in [2.75, 3.05) is 37.8 Å². The maximum absolute atomic E-state index is 12.3. The molecule has 1 aromatic heterocycles. The Morgan fingerprint density at radius 1 is 1.29 bits per heavy atom. The molecule has 2 heterocycles. The fraction of sp³-hybridized carbons (Fsp3) is 0.667. The Bertz CT molecular complexity index is 505. The first-order valence-electron chi connectivity index (χ1n) is 7.47. The van der Waals surface area contributed by atoms with Crippen molar-refractivity contribution in [3.05, 3.63) is 4.88 Å². The van der Waals surface area contributed by atoms with E-state index in [0.29, 0.717) is 16.3 Å². The van der Waals surface area contributed by atoms with E-state index in [4.69, 9.17) is 10.5 Å². The van der Waals surface area contributed by atoms with Gasteiger partial charge in [0.15, 0.2) is 5.75 Å². The lowest BCUT2D eigenvalue weighted by Crippen LogP contribution is -2.29. The first-order valence-corrected chi connectivity index (χ1v) is 8.29. The number of nitrogen functional groups attached to an aromatic ring is 1. The van der Waals surface area contributed by atoms with Gasteiger partial charge in [-0.05, 0) is 33.1 Å². The minimum atomic E-state index is -0.0608. The number of nitrogens with two attached hydrogens (primary N) is 1. The van der Waals surface area contributed by atoms with Crippen molar-refractivity contribution in [2.45, 2.75) is 39.2 Å². The molecule has 118 valence electrons. The first-order chi connectivity index (χ1) is 9.91. The molecule has 1 aliphatic heterocycles. The summed E-state index contributed by atoms with van der Waals surface area (Å²) >= 11 is 1.46. The molecule has 0 aliphatic carbocycles. The highest BCUT2D eigenvalue weighted by atomic mass is 32.1. The summed E-state index contributed by atoms with van der Waals surface area (Å²) in [6.45, 7) is 5.96. The Kier molecular flexibility index (Phi) is 4.98. The van der Waals surface area contributed by atoms with Crippen LogP contribution in [0, 0.1) is 0 Å². The monoisotopic (exact) mass is 311 g/mol. The van der Waals surface area contributed by atoms with Gasteiger partial charge in [-0.1, -0.05) is 0 Å². The minimum Gasteiger partial charge on any atom is -0.486 e. The highest BCUT2D eigenvalue weighted by Gasteiger charge is 2.27. The zero-order valence-electron chi connectivity index (χ0n) is 13.3. The molecule has 1 fully saturated rings. The molecule has 1 aromatic rings. The Morgan fingerprint density at radius 3 is 2.43 bits per heavy atom. The van der Waals surface area contributed by atoms with E-state index >= 15 is 0 Å². The standard InChI is InChI=1S/C15H25N3O2S/c1-10(2)20-12-11(16)13(14(19)17(3)4)21-15(12)18-8-6-5-7-9-18/h10H,5-9,16H2,1-4H3. The summed E-state index contributed by atoms with van der Waals surface area (Å²) in [5.74, 6) is 0.622. The van der Waals surface area contributed by atoms with Crippen LogP contribution in [0.2, 0.25) is 0 Å². The molecule has 0 unspecified atom stereocenters. The third-order valence-corrected chi connectivity index (χ3v) is 4.72. The fourth-order valence-electron chi connectivity index (χ4n) is 2.43. The second kappa shape index (κ2) is 6.56. The van der Waals surface area contributed by atoms with Crippen molar-refractivity contribution in [1.29, 1.82) is 0 Å². The van der Waals surface area contributed by atoms with Crippen LogP contribution in [0.4, 0.5) is 10.7 Å². The fourth-order valence-corrected chi connectivity index (χ4v) is 3.66. The SMILES string of the molecule is CC(C)Oc1c(N2CCCCC2)sc(C(=O)N(C)C)c1N. The van der Waals surface area contributed by atoms with Crippen molar-refractivity contribution in [1.82, 2.24) is 4.90 Å². The van der Waals surface area contributed by atoms with Crippen LogP contribution in [0.3, 0.4) is 0 Å². The molecule has 1 amide bonds. The Balaban J connectivity index is 2.41. The number of rotatable bonds is 4. The highest BCUT2D eigenvalue weighted by Crippen LogP contribution is 2.46. The zero-order valence-corrected chi connectivity index (χ0v) is 14.1. The lowest BCUT2D eigenvalue weighted by molar-refractivity contribution is 0.0833. The van der Waals surface area contributed by atoms with Gasteiger partial charge in [-0.25, -0.2) is 0 Å². The van der Waals surface area contributed by atoms with Crippen LogP contribution in [-0.4, -0.2) is 44.1 Å². The lowest BCUT2D eigenvalue weighted by atomic mass is 10.1. The second-order valence-corrected chi connectivity index (χ2v) is 6.89. The molecule has 2 N–H and O–H groups in total. The molecule has 6 heteroatoms. The van der Waals surface area contributed by atoms with E-state index in [0.717, 1.165) is 18.1 Å². The zero-order chi connectivity index (χ0) is 15.6. The summed E-state index contributed by atoms with van der Waals surface area (Å²) in [5.41, 5.74) is 6.69. The molecular formula is C15H25N3O2S. The van der Waals surface area contributed by atoms with Crippen LogP contribution >= 0.6 is 11.3 Å². The van der Waals surface area contributed by atoms with Crippen LogP contribution in [-0.2, 0) is 0 Å². The van der Waals surface area contributed by atoms with Gasteiger partial charge in [-0.2, -0.15) is 0 Å². The summed E-state index contributed by atoms with van der Waals surface area (Å²) in [6, 6.07) is 0. The van der Waals surface area contributed by atoms with Crippen molar-refractivity contribution in [3.8, 4) is 5.75 Å². The van der Waals surface area contributed by atoms with Crippen molar-refractivity contribution in [3.63, 3.8) is 0 Å². The van der Waals surface area contributed by atoms with Gasteiger partial charge in [0.05, 0.1) is 6.10 Å². The number of carbonyl (C=O) groups is 1. The molecule has 0 spiro atoms. The molecule has 0 atom stereocenters. The number of anilines is 2. The van der Waals surface area contributed by atoms with E-state index in [1.807, 2.05) is 13.8 Å². The third kappa shape index (κ3) is 3.43. The number of amides is 1. The molecular weight excluding hydrogens is 286 g/mol. The summed E-state index contributed by atoms with van der Waals surface area (Å²) in [4.78, 5) is 16.7. The first kappa shape index (κ1) is 15.9. The van der Waals surface area contributed by atoms with Crippen LogP contribution in [0.25, 0.3) is 0 Å². The summed E-state index contributed by atoms with van der Waals surface area (Å²) in [7, 11) is 3.48. The average molecular weight is 311 g/mol.